The molecule has 3 nitrogen and oxygen atoms in total. The molecule has 16 heavy (non-hydrogen) atoms. The van der Waals surface area contributed by atoms with Gasteiger partial charge < -0.3 is 10.1 Å². The summed E-state index contributed by atoms with van der Waals surface area (Å²) in [5.74, 6) is 1.65. The lowest BCUT2D eigenvalue weighted by molar-refractivity contribution is 0.340. The van der Waals surface area contributed by atoms with Crippen LogP contribution in [0.25, 0.3) is 0 Å². The van der Waals surface area contributed by atoms with Gasteiger partial charge in [-0.1, -0.05) is 0 Å². The monoisotopic (exact) mass is 240 g/mol. The van der Waals surface area contributed by atoms with E-state index < -0.39 is 0 Å². The molecule has 0 atom stereocenters. The quantitative estimate of drug-likeness (QED) is 0.828. The third-order valence-electron chi connectivity index (χ3n) is 2.30. The van der Waals surface area contributed by atoms with Crippen molar-refractivity contribution in [3.63, 3.8) is 0 Å². The zero-order valence-corrected chi connectivity index (χ0v) is 11.2. The Balaban J connectivity index is 2.66. The van der Waals surface area contributed by atoms with Gasteiger partial charge >= 0.3 is 0 Å². The zero-order chi connectivity index (χ0) is 12.0. The third kappa shape index (κ3) is 3.93. The van der Waals surface area contributed by atoms with Crippen LogP contribution in [0.5, 0.6) is 5.75 Å². The summed E-state index contributed by atoms with van der Waals surface area (Å²) in [5, 5.41) is 3.33. The van der Waals surface area contributed by atoms with Crippen molar-refractivity contribution >= 4 is 17.6 Å². The van der Waals surface area contributed by atoms with Crippen molar-refractivity contribution in [2.45, 2.75) is 25.5 Å². The molecule has 0 unspecified atom stereocenters. The number of rotatable bonds is 6. The maximum atomic E-state index is 5.50. The molecule has 0 fully saturated rings. The molecule has 1 heterocycles. The molecule has 0 aliphatic heterocycles. The van der Waals surface area contributed by atoms with Gasteiger partial charge in [0, 0.05) is 17.5 Å². The molecule has 0 spiro atoms. The second-order valence-corrected chi connectivity index (χ2v) is 5.61. The van der Waals surface area contributed by atoms with E-state index in [2.05, 4.69) is 30.4 Å². The number of thioether (sulfide) groups is 1. The molecule has 1 N–H and O–H groups in total. The largest absolute Gasteiger partial charge is 0.490 e. The summed E-state index contributed by atoms with van der Waals surface area (Å²) in [6.45, 7) is 7.90. The average molecular weight is 240 g/mol. The van der Waals surface area contributed by atoms with E-state index in [9.17, 15) is 0 Å². The van der Waals surface area contributed by atoms with Crippen LogP contribution in [0.4, 0.5) is 5.82 Å². The van der Waals surface area contributed by atoms with Crippen molar-refractivity contribution in [1.82, 2.24) is 4.98 Å². The van der Waals surface area contributed by atoms with Crippen molar-refractivity contribution < 1.29 is 4.74 Å². The van der Waals surface area contributed by atoms with Crippen molar-refractivity contribution in [2.75, 3.05) is 24.7 Å². The fraction of sp³-hybridized carbons (Fsp3) is 0.583. The molecule has 0 amide bonds. The molecule has 0 radical (unpaired) electrons. The summed E-state index contributed by atoms with van der Waals surface area (Å²) >= 11 is 1.83. The number of nitrogens with one attached hydrogen (secondary N) is 1. The number of hydrogen-bond donors (Lipinski definition) is 1. The molecular formula is C12H20N2OS. The average Bonchev–Trinajstić information content (AvgIpc) is 2.28. The molecule has 0 aromatic carbocycles. The third-order valence-corrected chi connectivity index (χ3v) is 3.55. The second kappa shape index (κ2) is 5.99. The predicted molar refractivity (Wildman–Crippen MR) is 71.5 cm³/mol. The van der Waals surface area contributed by atoms with Gasteiger partial charge in [-0.05, 0) is 39.2 Å². The van der Waals surface area contributed by atoms with Gasteiger partial charge in [0.25, 0.3) is 0 Å². The lowest BCUT2D eigenvalue weighted by Crippen LogP contribution is -2.26. The van der Waals surface area contributed by atoms with Crippen molar-refractivity contribution in [3.8, 4) is 5.75 Å². The normalized spacial score (nSPS) is 11.2. The molecule has 0 saturated heterocycles. The van der Waals surface area contributed by atoms with Crippen LogP contribution >= 0.6 is 11.8 Å². The fourth-order valence-corrected chi connectivity index (χ4v) is 1.38. The van der Waals surface area contributed by atoms with E-state index in [0.717, 1.165) is 18.1 Å². The first kappa shape index (κ1) is 13.2. The zero-order valence-electron chi connectivity index (χ0n) is 10.4. The number of pyridine rings is 1. The first-order valence-corrected chi connectivity index (χ1v) is 6.68. The smallest absolute Gasteiger partial charge is 0.168 e. The highest BCUT2D eigenvalue weighted by atomic mass is 32.2. The lowest BCUT2D eigenvalue weighted by atomic mass is 10.2. The summed E-state index contributed by atoms with van der Waals surface area (Å²) in [4.78, 5) is 4.29. The molecule has 4 heteroatoms. The van der Waals surface area contributed by atoms with Gasteiger partial charge in [0.05, 0.1) is 6.61 Å². The molecule has 1 rings (SSSR count). The maximum absolute atomic E-state index is 5.50. The topological polar surface area (TPSA) is 34.1 Å². The Bertz CT molecular complexity index is 329. The van der Waals surface area contributed by atoms with E-state index in [1.807, 2.05) is 30.8 Å². The summed E-state index contributed by atoms with van der Waals surface area (Å²) in [6.07, 6.45) is 3.89. The molecule has 90 valence electrons. The van der Waals surface area contributed by atoms with Gasteiger partial charge in [0.15, 0.2) is 11.6 Å². The van der Waals surface area contributed by atoms with Gasteiger partial charge in [0.1, 0.15) is 0 Å². The maximum Gasteiger partial charge on any atom is 0.168 e. The highest BCUT2D eigenvalue weighted by Crippen LogP contribution is 2.25. The Morgan fingerprint density at radius 1 is 1.50 bits per heavy atom. The Hall–Kier alpha value is -0.900. The van der Waals surface area contributed by atoms with E-state index in [-0.39, 0.29) is 4.75 Å². The van der Waals surface area contributed by atoms with Gasteiger partial charge in [0.2, 0.25) is 0 Å². The summed E-state index contributed by atoms with van der Waals surface area (Å²) in [7, 11) is 0. The molecule has 0 aliphatic rings. The van der Waals surface area contributed by atoms with E-state index in [1.165, 1.54) is 0 Å². The van der Waals surface area contributed by atoms with Crippen LogP contribution in [-0.2, 0) is 0 Å². The van der Waals surface area contributed by atoms with Gasteiger partial charge in [-0.15, -0.1) is 0 Å². The van der Waals surface area contributed by atoms with Gasteiger partial charge in [-0.3, -0.25) is 0 Å². The Kier molecular flexibility index (Phi) is 4.93. The SMILES string of the molecule is CCOc1cccnc1NCC(C)(C)SC. The van der Waals surface area contributed by atoms with Crippen molar-refractivity contribution in [3.05, 3.63) is 18.3 Å². The summed E-state index contributed by atoms with van der Waals surface area (Å²) in [5.41, 5.74) is 0. The molecule has 0 bridgehead atoms. The van der Waals surface area contributed by atoms with Crippen LogP contribution in [0.15, 0.2) is 18.3 Å². The van der Waals surface area contributed by atoms with Crippen LogP contribution in [-0.4, -0.2) is 29.1 Å². The Labute approximate surface area is 102 Å². The lowest BCUT2D eigenvalue weighted by Gasteiger charge is -2.23. The molecular weight excluding hydrogens is 220 g/mol. The minimum absolute atomic E-state index is 0.195. The number of aromatic nitrogens is 1. The number of nitrogens with zero attached hydrogens (tertiary/aromatic N) is 1. The van der Waals surface area contributed by atoms with Crippen LogP contribution in [0, 0.1) is 0 Å². The molecule has 0 aliphatic carbocycles. The highest BCUT2D eigenvalue weighted by molar-refractivity contribution is 7.99. The van der Waals surface area contributed by atoms with Crippen LogP contribution in [0.1, 0.15) is 20.8 Å². The van der Waals surface area contributed by atoms with Crippen LogP contribution in [0.3, 0.4) is 0 Å². The highest BCUT2D eigenvalue weighted by Gasteiger charge is 2.16. The van der Waals surface area contributed by atoms with Gasteiger partial charge in [-0.2, -0.15) is 11.8 Å². The molecule has 0 saturated carbocycles. The summed E-state index contributed by atoms with van der Waals surface area (Å²) in [6, 6.07) is 3.82. The number of anilines is 1. The Morgan fingerprint density at radius 3 is 2.88 bits per heavy atom. The van der Waals surface area contributed by atoms with Gasteiger partial charge in [-0.25, -0.2) is 4.98 Å². The number of hydrogen-bond acceptors (Lipinski definition) is 4. The van der Waals surface area contributed by atoms with E-state index >= 15 is 0 Å². The first-order chi connectivity index (χ1) is 7.59. The second-order valence-electron chi connectivity index (χ2n) is 4.10. The van der Waals surface area contributed by atoms with Crippen LogP contribution in [0.2, 0.25) is 0 Å². The Morgan fingerprint density at radius 2 is 2.25 bits per heavy atom. The minimum Gasteiger partial charge on any atom is -0.490 e. The minimum atomic E-state index is 0.195. The van der Waals surface area contributed by atoms with Crippen molar-refractivity contribution in [1.29, 1.82) is 0 Å². The number of ether oxygens (including phenoxy) is 1. The van der Waals surface area contributed by atoms with Crippen molar-refractivity contribution in [2.24, 2.45) is 0 Å². The first-order valence-electron chi connectivity index (χ1n) is 5.46. The predicted octanol–water partition coefficient (Wildman–Crippen LogP) is 3.03. The molecule has 1 aromatic heterocycles. The van der Waals surface area contributed by atoms with E-state index in [4.69, 9.17) is 4.74 Å². The van der Waals surface area contributed by atoms with E-state index in [0.29, 0.717) is 6.61 Å². The van der Waals surface area contributed by atoms with Crippen LogP contribution < -0.4 is 10.1 Å². The standard InChI is InChI=1S/C12H20N2OS/c1-5-15-10-7-6-8-13-11(10)14-9-12(2,3)16-4/h6-8H,5,9H2,1-4H3,(H,13,14). The molecule has 1 aromatic rings. The van der Waals surface area contributed by atoms with E-state index in [1.54, 1.807) is 6.20 Å². The fourth-order valence-electron chi connectivity index (χ4n) is 1.16. The summed E-state index contributed by atoms with van der Waals surface area (Å²) < 4.78 is 5.70.